The van der Waals surface area contributed by atoms with Gasteiger partial charge in [0.1, 0.15) is 11.4 Å². The molecule has 7 heteroatoms. The van der Waals surface area contributed by atoms with E-state index in [0.717, 1.165) is 21.3 Å². The molecule has 0 saturated carbocycles. The Kier molecular flexibility index (Phi) is 6.22. The van der Waals surface area contributed by atoms with E-state index in [1.165, 1.54) is 0 Å². The molecular weight excluding hydrogens is 416 g/mol. The van der Waals surface area contributed by atoms with Crippen molar-refractivity contribution in [2.24, 2.45) is 4.99 Å². The molecule has 0 bridgehead atoms. The van der Waals surface area contributed by atoms with Crippen molar-refractivity contribution in [3.8, 4) is 11.6 Å². The third kappa shape index (κ3) is 4.93. The van der Waals surface area contributed by atoms with Crippen LogP contribution in [-0.4, -0.2) is 20.5 Å². The van der Waals surface area contributed by atoms with E-state index in [9.17, 15) is 14.7 Å². The number of anilines is 1. The standard InChI is InChI=1S/C26H24N4O3/c1-17-11-13-21(14-12-17)30-25(32)22(24(31)29-26(30)33)23(28-20-9-4-3-5-10-20)27-16-19-8-6-7-18(2)15-19/h3-15,32H,16H2,1-2H3,(H,27,28)(H,29,31,33). The first-order chi connectivity index (χ1) is 15.9. The molecule has 0 spiro atoms. The van der Waals surface area contributed by atoms with Crippen molar-refractivity contribution in [3.05, 3.63) is 122 Å². The van der Waals surface area contributed by atoms with E-state index in [-0.39, 0.29) is 17.9 Å². The highest BCUT2D eigenvalue weighted by Crippen LogP contribution is 2.19. The molecule has 1 heterocycles. The van der Waals surface area contributed by atoms with Gasteiger partial charge in [-0.2, -0.15) is 0 Å². The molecule has 0 amide bonds. The third-order valence-corrected chi connectivity index (χ3v) is 5.15. The smallest absolute Gasteiger partial charge is 0.335 e. The van der Waals surface area contributed by atoms with Crippen LogP contribution in [-0.2, 0) is 6.54 Å². The van der Waals surface area contributed by atoms with E-state index in [0.29, 0.717) is 11.4 Å². The highest BCUT2D eigenvalue weighted by molar-refractivity contribution is 6.09. The summed E-state index contributed by atoms with van der Waals surface area (Å²) in [4.78, 5) is 32.3. The molecule has 3 N–H and O–H groups in total. The number of H-pyrrole nitrogens is 1. The number of para-hydroxylation sites is 1. The van der Waals surface area contributed by atoms with Crippen LogP contribution in [0.5, 0.6) is 5.88 Å². The van der Waals surface area contributed by atoms with Gasteiger partial charge in [-0.05, 0) is 43.7 Å². The molecule has 0 aliphatic heterocycles. The van der Waals surface area contributed by atoms with Gasteiger partial charge in [0.25, 0.3) is 5.56 Å². The molecule has 0 saturated heterocycles. The van der Waals surface area contributed by atoms with Crippen molar-refractivity contribution in [3.63, 3.8) is 0 Å². The predicted molar refractivity (Wildman–Crippen MR) is 131 cm³/mol. The fourth-order valence-electron chi connectivity index (χ4n) is 3.49. The van der Waals surface area contributed by atoms with Crippen LogP contribution in [0.4, 0.5) is 5.69 Å². The molecule has 4 aromatic rings. The van der Waals surface area contributed by atoms with E-state index in [1.54, 1.807) is 12.1 Å². The minimum absolute atomic E-state index is 0.119. The Hall–Kier alpha value is -4.39. The summed E-state index contributed by atoms with van der Waals surface area (Å²) in [5.74, 6) is -0.332. The fraction of sp³-hybridized carbons (Fsp3) is 0.115. The molecule has 0 unspecified atom stereocenters. The van der Waals surface area contributed by atoms with Gasteiger partial charge in [0, 0.05) is 5.69 Å². The monoisotopic (exact) mass is 440 g/mol. The highest BCUT2D eigenvalue weighted by Gasteiger charge is 2.21. The molecule has 166 valence electrons. The second-order valence-corrected chi connectivity index (χ2v) is 7.77. The maximum absolute atomic E-state index is 12.8. The lowest BCUT2D eigenvalue weighted by Crippen LogP contribution is -2.35. The van der Waals surface area contributed by atoms with Crippen LogP contribution in [0.1, 0.15) is 22.3 Å². The van der Waals surface area contributed by atoms with Crippen molar-refractivity contribution in [1.82, 2.24) is 9.55 Å². The van der Waals surface area contributed by atoms with Gasteiger partial charge in [0.05, 0.1) is 12.2 Å². The maximum Gasteiger partial charge on any atom is 0.335 e. The van der Waals surface area contributed by atoms with Crippen LogP contribution >= 0.6 is 0 Å². The summed E-state index contributed by atoms with van der Waals surface area (Å²) < 4.78 is 1.06. The average Bonchev–Trinajstić information content (AvgIpc) is 2.79. The molecule has 3 aromatic carbocycles. The summed E-state index contributed by atoms with van der Waals surface area (Å²) in [7, 11) is 0. The lowest BCUT2D eigenvalue weighted by atomic mass is 10.1. The summed E-state index contributed by atoms with van der Waals surface area (Å²) in [5, 5.41) is 14.2. The molecule has 33 heavy (non-hydrogen) atoms. The zero-order chi connectivity index (χ0) is 23.4. The van der Waals surface area contributed by atoms with Gasteiger partial charge in [0.15, 0.2) is 0 Å². The first kappa shape index (κ1) is 21.8. The Morgan fingerprint density at radius 1 is 0.939 bits per heavy atom. The zero-order valence-electron chi connectivity index (χ0n) is 18.4. The number of benzene rings is 3. The van der Waals surface area contributed by atoms with Gasteiger partial charge < -0.3 is 10.4 Å². The number of aromatic nitrogens is 2. The molecule has 1 aromatic heterocycles. The van der Waals surface area contributed by atoms with Crippen LogP contribution in [0, 0.1) is 13.8 Å². The molecule has 4 rings (SSSR count). The minimum Gasteiger partial charge on any atom is -0.493 e. The van der Waals surface area contributed by atoms with E-state index >= 15 is 0 Å². The van der Waals surface area contributed by atoms with E-state index in [1.807, 2.05) is 80.6 Å². The van der Waals surface area contributed by atoms with Crippen molar-refractivity contribution in [2.75, 3.05) is 5.32 Å². The second-order valence-electron chi connectivity index (χ2n) is 7.77. The van der Waals surface area contributed by atoms with Gasteiger partial charge in [-0.15, -0.1) is 0 Å². The quantitative estimate of drug-likeness (QED) is 0.324. The van der Waals surface area contributed by atoms with Crippen LogP contribution in [0.15, 0.2) is 93.4 Å². The predicted octanol–water partition coefficient (Wildman–Crippen LogP) is 3.91. The van der Waals surface area contributed by atoms with E-state index in [4.69, 9.17) is 0 Å². The van der Waals surface area contributed by atoms with Gasteiger partial charge in [-0.3, -0.25) is 14.8 Å². The molecule has 0 aliphatic carbocycles. The topological polar surface area (TPSA) is 99.5 Å². The van der Waals surface area contributed by atoms with Gasteiger partial charge in [-0.25, -0.2) is 9.36 Å². The Bertz CT molecular complexity index is 1420. The Morgan fingerprint density at radius 2 is 1.67 bits per heavy atom. The molecule has 7 nitrogen and oxygen atoms in total. The molecule has 0 fully saturated rings. The van der Waals surface area contributed by atoms with Crippen LogP contribution < -0.4 is 16.6 Å². The number of aromatic hydroxyl groups is 1. The Balaban J connectivity index is 1.86. The summed E-state index contributed by atoms with van der Waals surface area (Å²) in [5.41, 5.74) is 2.58. The van der Waals surface area contributed by atoms with E-state index < -0.39 is 17.1 Å². The van der Waals surface area contributed by atoms with Gasteiger partial charge in [0.2, 0.25) is 5.88 Å². The van der Waals surface area contributed by atoms with Crippen LogP contribution in [0.3, 0.4) is 0 Å². The fourth-order valence-corrected chi connectivity index (χ4v) is 3.49. The maximum atomic E-state index is 12.8. The average molecular weight is 441 g/mol. The zero-order valence-corrected chi connectivity index (χ0v) is 18.4. The molecule has 0 atom stereocenters. The minimum atomic E-state index is -0.733. The molecule has 0 aliphatic rings. The number of amidine groups is 1. The number of hydrogen-bond donors (Lipinski definition) is 3. The normalized spacial score (nSPS) is 11.4. The summed E-state index contributed by atoms with van der Waals surface area (Å²) >= 11 is 0. The van der Waals surface area contributed by atoms with E-state index in [2.05, 4.69) is 15.3 Å². The number of nitrogens with zero attached hydrogens (tertiary/aromatic N) is 2. The van der Waals surface area contributed by atoms with Crippen molar-refractivity contribution in [2.45, 2.75) is 20.4 Å². The lowest BCUT2D eigenvalue weighted by Gasteiger charge is -2.15. The number of hydrogen-bond acceptors (Lipinski definition) is 4. The SMILES string of the molecule is Cc1ccc(-n2c(O)c(C(=NCc3cccc(C)c3)Nc3ccccc3)c(=O)[nH]c2=O)cc1. The third-order valence-electron chi connectivity index (χ3n) is 5.15. The summed E-state index contributed by atoms with van der Waals surface area (Å²) in [6, 6.07) is 24.1. The van der Waals surface area contributed by atoms with Crippen LogP contribution in [0.2, 0.25) is 0 Å². The van der Waals surface area contributed by atoms with Crippen molar-refractivity contribution >= 4 is 11.5 Å². The largest absolute Gasteiger partial charge is 0.493 e. The second kappa shape index (κ2) is 9.40. The number of aliphatic imine (C=N–C) groups is 1. The number of rotatable bonds is 5. The first-order valence-electron chi connectivity index (χ1n) is 10.5. The van der Waals surface area contributed by atoms with Gasteiger partial charge >= 0.3 is 5.69 Å². The number of aromatic amines is 1. The first-order valence-corrected chi connectivity index (χ1v) is 10.5. The lowest BCUT2D eigenvalue weighted by molar-refractivity contribution is 0.429. The number of aryl methyl sites for hydroxylation is 2. The highest BCUT2D eigenvalue weighted by atomic mass is 16.3. The molecular formula is C26H24N4O3. The van der Waals surface area contributed by atoms with Gasteiger partial charge in [-0.1, -0.05) is 65.7 Å². The van der Waals surface area contributed by atoms with Crippen molar-refractivity contribution in [1.29, 1.82) is 0 Å². The number of nitrogens with one attached hydrogen (secondary N) is 2. The summed E-state index contributed by atoms with van der Waals surface area (Å²) in [6.07, 6.45) is 0. The Labute approximate surface area is 190 Å². The van der Waals surface area contributed by atoms with Crippen LogP contribution in [0.25, 0.3) is 5.69 Å². The molecule has 0 radical (unpaired) electrons. The van der Waals surface area contributed by atoms with Crippen molar-refractivity contribution < 1.29 is 5.11 Å². The Morgan fingerprint density at radius 3 is 2.36 bits per heavy atom. The summed E-state index contributed by atoms with van der Waals surface area (Å²) in [6.45, 7) is 4.19.